The zero-order valence-electron chi connectivity index (χ0n) is 13.2. The molecule has 0 spiro atoms. The highest BCUT2D eigenvalue weighted by Crippen LogP contribution is 2.22. The van der Waals surface area contributed by atoms with Crippen molar-refractivity contribution in [1.82, 2.24) is 10.3 Å². The van der Waals surface area contributed by atoms with Crippen LogP contribution in [-0.2, 0) is 6.54 Å². The second-order valence-electron chi connectivity index (χ2n) is 5.49. The second kappa shape index (κ2) is 7.86. The van der Waals surface area contributed by atoms with Crippen LogP contribution < -0.4 is 5.32 Å². The summed E-state index contributed by atoms with van der Waals surface area (Å²) >= 11 is 0. The smallest absolute Gasteiger partial charge is 0.208 e. The molecule has 0 saturated carbocycles. The number of benzene rings is 2. The zero-order chi connectivity index (χ0) is 16.8. The average Bonchev–Trinajstić information content (AvgIpc) is 3.08. The van der Waals surface area contributed by atoms with Gasteiger partial charge in [-0.2, -0.15) is 0 Å². The number of oxazole rings is 1. The van der Waals surface area contributed by atoms with Crippen LogP contribution in [0.2, 0.25) is 0 Å². The second-order valence-corrected chi connectivity index (χ2v) is 5.49. The van der Waals surface area contributed by atoms with Gasteiger partial charge in [0.05, 0.1) is 12.7 Å². The largest absolute Gasteiger partial charge is 0.439 e. The third-order valence-electron chi connectivity index (χ3n) is 3.78. The molecule has 0 saturated heterocycles. The van der Waals surface area contributed by atoms with Gasteiger partial charge in [0, 0.05) is 18.2 Å². The number of rotatable bonds is 7. The molecule has 0 aliphatic heterocycles. The maximum Gasteiger partial charge on any atom is 0.208 e. The molecule has 1 atom stereocenters. The van der Waals surface area contributed by atoms with Crippen molar-refractivity contribution in [3.8, 4) is 11.3 Å². The van der Waals surface area contributed by atoms with Gasteiger partial charge in [0.15, 0.2) is 5.76 Å². The summed E-state index contributed by atoms with van der Waals surface area (Å²) in [6, 6.07) is 16.2. The molecular weight excluding hydrogens is 307 g/mol. The van der Waals surface area contributed by atoms with E-state index >= 15 is 0 Å². The third-order valence-corrected chi connectivity index (χ3v) is 3.78. The Balaban J connectivity index is 1.68. The lowest BCUT2D eigenvalue weighted by Gasteiger charge is -2.17. The maximum atomic E-state index is 13.3. The Hall–Kier alpha value is -2.50. The quantitative estimate of drug-likeness (QED) is 0.695. The summed E-state index contributed by atoms with van der Waals surface area (Å²) in [6.45, 7) is 0.515. The highest BCUT2D eigenvalue weighted by molar-refractivity contribution is 5.56. The fourth-order valence-electron chi connectivity index (χ4n) is 2.58. The lowest BCUT2D eigenvalue weighted by Crippen LogP contribution is -2.22. The molecule has 0 radical (unpaired) electrons. The van der Waals surface area contributed by atoms with Crippen molar-refractivity contribution < 1.29 is 13.9 Å². The predicted molar refractivity (Wildman–Crippen MR) is 89.6 cm³/mol. The van der Waals surface area contributed by atoms with Crippen LogP contribution in [0.3, 0.4) is 0 Å². The summed E-state index contributed by atoms with van der Waals surface area (Å²) < 4.78 is 19.0. The summed E-state index contributed by atoms with van der Waals surface area (Å²) in [4.78, 5) is 4.23. The Kier molecular flexibility index (Phi) is 5.36. The molecule has 1 unspecified atom stereocenters. The standard InChI is InChI=1S/C19H19FN2O2/c20-16-8-4-7-15(11-16)18-12-22-19(24-18)13-21-17(9-10-23)14-5-2-1-3-6-14/h1-8,11-12,17,21,23H,9-10,13H2. The molecule has 0 fully saturated rings. The minimum Gasteiger partial charge on any atom is -0.439 e. The fourth-order valence-corrected chi connectivity index (χ4v) is 2.58. The number of aliphatic hydroxyl groups excluding tert-OH is 1. The number of nitrogens with one attached hydrogen (secondary N) is 1. The van der Waals surface area contributed by atoms with E-state index in [2.05, 4.69) is 10.3 Å². The van der Waals surface area contributed by atoms with Crippen LogP contribution in [0.25, 0.3) is 11.3 Å². The molecule has 1 aromatic heterocycles. The lowest BCUT2D eigenvalue weighted by molar-refractivity contribution is 0.263. The minimum absolute atomic E-state index is 0.0146. The molecule has 5 heteroatoms. The van der Waals surface area contributed by atoms with Crippen LogP contribution in [0.15, 0.2) is 65.2 Å². The Bertz CT molecular complexity index is 774. The van der Waals surface area contributed by atoms with Crippen LogP contribution in [0, 0.1) is 5.82 Å². The minimum atomic E-state index is -0.310. The van der Waals surface area contributed by atoms with Crippen LogP contribution >= 0.6 is 0 Å². The first kappa shape index (κ1) is 16.4. The Morgan fingerprint density at radius 1 is 1.12 bits per heavy atom. The predicted octanol–water partition coefficient (Wildman–Crippen LogP) is 3.69. The topological polar surface area (TPSA) is 58.3 Å². The van der Waals surface area contributed by atoms with Crippen molar-refractivity contribution in [2.45, 2.75) is 19.0 Å². The summed E-state index contributed by atoms with van der Waals surface area (Å²) in [6.07, 6.45) is 2.19. The van der Waals surface area contributed by atoms with E-state index in [9.17, 15) is 9.50 Å². The first-order chi connectivity index (χ1) is 11.8. The highest BCUT2D eigenvalue weighted by atomic mass is 19.1. The van der Waals surface area contributed by atoms with E-state index in [0.29, 0.717) is 30.2 Å². The van der Waals surface area contributed by atoms with Crippen molar-refractivity contribution in [3.63, 3.8) is 0 Å². The Morgan fingerprint density at radius 3 is 2.71 bits per heavy atom. The molecule has 1 heterocycles. The van der Waals surface area contributed by atoms with E-state index in [1.54, 1.807) is 18.3 Å². The van der Waals surface area contributed by atoms with E-state index in [1.807, 2.05) is 30.3 Å². The van der Waals surface area contributed by atoms with E-state index in [0.717, 1.165) is 5.56 Å². The maximum absolute atomic E-state index is 13.3. The van der Waals surface area contributed by atoms with Gasteiger partial charge in [-0.1, -0.05) is 42.5 Å². The van der Waals surface area contributed by atoms with E-state index in [-0.39, 0.29) is 18.5 Å². The summed E-state index contributed by atoms with van der Waals surface area (Å²) in [5, 5.41) is 12.6. The van der Waals surface area contributed by atoms with Crippen molar-refractivity contribution in [2.75, 3.05) is 6.61 Å². The van der Waals surface area contributed by atoms with Gasteiger partial charge < -0.3 is 14.8 Å². The van der Waals surface area contributed by atoms with Crippen molar-refractivity contribution >= 4 is 0 Å². The molecule has 2 aromatic carbocycles. The van der Waals surface area contributed by atoms with E-state index in [4.69, 9.17) is 4.42 Å². The molecule has 3 aromatic rings. The zero-order valence-corrected chi connectivity index (χ0v) is 13.2. The first-order valence-electron chi connectivity index (χ1n) is 7.86. The first-order valence-corrected chi connectivity index (χ1v) is 7.86. The normalized spacial score (nSPS) is 12.2. The molecule has 4 nitrogen and oxygen atoms in total. The Morgan fingerprint density at radius 2 is 1.96 bits per heavy atom. The van der Waals surface area contributed by atoms with Crippen molar-refractivity contribution in [3.05, 3.63) is 78.1 Å². The molecule has 2 N–H and O–H groups in total. The van der Waals surface area contributed by atoms with Crippen molar-refractivity contribution in [2.24, 2.45) is 0 Å². The van der Waals surface area contributed by atoms with Gasteiger partial charge in [-0.3, -0.25) is 0 Å². The number of aliphatic hydroxyl groups is 1. The van der Waals surface area contributed by atoms with E-state index in [1.165, 1.54) is 12.1 Å². The number of nitrogens with zero attached hydrogens (tertiary/aromatic N) is 1. The van der Waals surface area contributed by atoms with Crippen LogP contribution in [-0.4, -0.2) is 16.7 Å². The summed E-state index contributed by atoms with van der Waals surface area (Å²) in [7, 11) is 0. The van der Waals surface area contributed by atoms with Crippen molar-refractivity contribution in [1.29, 1.82) is 0 Å². The number of hydrogen-bond acceptors (Lipinski definition) is 4. The number of hydrogen-bond donors (Lipinski definition) is 2. The lowest BCUT2D eigenvalue weighted by atomic mass is 10.0. The van der Waals surface area contributed by atoms with Crippen LogP contribution in [0.1, 0.15) is 23.9 Å². The molecule has 0 aliphatic carbocycles. The fraction of sp³-hybridized carbons (Fsp3) is 0.211. The van der Waals surface area contributed by atoms with Gasteiger partial charge in [0.25, 0.3) is 0 Å². The number of aromatic nitrogens is 1. The van der Waals surface area contributed by atoms with Gasteiger partial charge in [-0.05, 0) is 24.1 Å². The van der Waals surface area contributed by atoms with Gasteiger partial charge in [0.1, 0.15) is 5.82 Å². The summed E-state index contributed by atoms with van der Waals surface area (Å²) in [5.74, 6) is 0.744. The van der Waals surface area contributed by atoms with Crippen LogP contribution in [0.4, 0.5) is 4.39 Å². The van der Waals surface area contributed by atoms with Crippen LogP contribution in [0.5, 0.6) is 0 Å². The van der Waals surface area contributed by atoms with Gasteiger partial charge in [0.2, 0.25) is 5.89 Å². The number of halogens is 1. The molecule has 124 valence electrons. The monoisotopic (exact) mass is 326 g/mol. The average molecular weight is 326 g/mol. The van der Waals surface area contributed by atoms with Gasteiger partial charge in [-0.25, -0.2) is 9.37 Å². The molecular formula is C19H19FN2O2. The van der Waals surface area contributed by atoms with E-state index < -0.39 is 0 Å². The molecule has 24 heavy (non-hydrogen) atoms. The molecule has 0 amide bonds. The molecule has 3 rings (SSSR count). The van der Waals surface area contributed by atoms with Gasteiger partial charge >= 0.3 is 0 Å². The third kappa shape index (κ3) is 4.07. The summed E-state index contributed by atoms with van der Waals surface area (Å²) in [5.41, 5.74) is 1.76. The molecule has 0 aliphatic rings. The Labute approximate surface area is 140 Å². The molecule has 0 bridgehead atoms. The SMILES string of the molecule is OCCC(NCc1ncc(-c2cccc(F)c2)o1)c1ccccc1. The highest BCUT2D eigenvalue weighted by Gasteiger charge is 2.12. The van der Waals surface area contributed by atoms with Gasteiger partial charge in [-0.15, -0.1) is 0 Å².